The summed E-state index contributed by atoms with van der Waals surface area (Å²) in [5, 5.41) is 3.07. The highest BCUT2D eigenvalue weighted by atomic mass is 16.5. The fourth-order valence-corrected chi connectivity index (χ4v) is 3.16. The van der Waals surface area contributed by atoms with E-state index in [-0.39, 0.29) is 5.91 Å². The monoisotopic (exact) mass is 325 g/mol. The summed E-state index contributed by atoms with van der Waals surface area (Å²) < 4.78 is 10.7. The summed E-state index contributed by atoms with van der Waals surface area (Å²) in [7, 11) is 1.63. The van der Waals surface area contributed by atoms with Crippen LogP contribution in [0.15, 0.2) is 48.5 Å². The van der Waals surface area contributed by atoms with Crippen LogP contribution < -0.4 is 10.1 Å². The molecule has 1 amide bonds. The van der Waals surface area contributed by atoms with Gasteiger partial charge in [0.1, 0.15) is 5.75 Å². The first-order chi connectivity index (χ1) is 11.6. The van der Waals surface area contributed by atoms with Gasteiger partial charge in [-0.1, -0.05) is 29.8 Å². The van der Waals surface area contributed by atoms with Gasteiger partial charge in [0.25, 0.3) is 0 Å². The van der Waals surface area contributed by atoms with Crippen LogP contribution in [0.4, 0.5) is 5.69 Å². The standard InChI is InChI=1S/C20H23NO3/c1-15-3-5-16(6-4-15)20(11-13-24-14-12-20)19(22)21-17-7-9-18(23-2)10-8-17/h3-10H,11-14H2,1-2H3,(H,21,22). The van der Waals surface area contributed by atoms with Gasteiger partial charge in [-0.2, -0.15) is 0 Å². The summed E-state index contributed by atoms with van der Waals surface area (Å²) in [6.07, 6.45) is 1.39. The van der Waals surface area contributed by atoms with E-state index in [0.717, 1.165) is 17.0 Å². The van der Waals surface area contributed by atoms with Crippen molar-refractivity contribution in [3.05, 3.63) is 59.7 Å². The maximum absolute atomic E-state index is 13.1. The Hall–Kier alpha value is -2.33. The van der Waals surface area contributed by atoms with E-state index in [1.165, 1.54) is 5.56 Å². The fraction of sp³-hybridized carbons (Fsp3) is 0.350. The SMILES string of the molecule is COc1ccc(NC(=O)C2(c3ccc(C)cc3)CCOCC2)cc1. The van der Waals surface area contributed by atoms with Crippen LogP contribution in [0.25, 0.3) is 0 Å². The zero-order valence-electron chi connectivity index (χ0n) is 14.2. The molecule has 2 aromatic rings. The summed E-state index contributed by atoms with van der Waals surface area (Å²) in [5.74, 6) is 0.798. The predicted molar refractivity (Wildman–Crippen MR) is 94.5 cm³/mol. The number of hydrogen-bond acceptors (Lipinski definition) is 3. The van der Waals surface area contributed by atoms with E-state index in [2.05, 4.69) is 36.5 Å². The van der Waals surface area contributed by atoms with E-state index in [4.69, 9.17) is 9.47 Å². The molecule has 1 heterocycles. The number of hydrogen-bond donors (Lipinski definition) is 1. The average molecular weight is 325 g/mol. The number of amides is 1. The van der Waals surface area contributed by atoms with E-state index in [0.29, 0.717) is 26.1 Å². The number of nitrogens with one attached hydrogen (secondary N) is 1. The van der Waals surface area contributed by atoms with Crippen molar-refractivity contribution in [3.63, 3.8) is 0 Å². The quantitative estimate of drug-likeness (QED) is 0.932. The van der Waals surface area contributed by atoms with Gasteiger partial charge in [0.15, 0.2) is 0 Å². The number of benzene rings is 2. The molecular formula is C20H23NO3. The Kier molecular flexibility index (Phi) is 4.86. The Balaban J connectivity index is 1.87. The molecule has 3 rings (SSSR count). The molecule has 0 bridgehead atoms. The third-order valence-electron chi connectivity index (χ3n) is 4.73. The smallest absolute Gasteiger partial charge is 0.235 e. The zero-order valence-corrected chi connectivity index (χ0v) is 14.2. The molecule has 2 aromatic carbocycles. The van der Waals surface area contributed by atoms with Gasteiger partial charge in [-0.3, -0.25) is 4.79 Å². The average Bonchev–Trinajstić information content (AvgIpc) is 2.63. The Morgan fingerprint density at radius 1 is 1.04 bits per heavy atom. The molecule has 1 N–H and O–H groups in total. The predicted octanol–water partition coefficient (Wildman–Crippen LogP) is 3.69. The molecular weight excluding hydrogens is 302 g/mol. The molecule has 1 aliphatic heterocycles. The molecule has 4 nitrogen and oxygen atoms in total. The van der Waals surface area contributed by atoms with Crippen LogP contribution in [-0.2, 0) is 14.9 Å². The second-order valence-electron chi connectivity index (χ2n) is 6.24. The largest absolute Gasteiger partial charge is 0.497 e. The third kappa shape index (κ3) is 3.29. The number of carbonyl (C=O) groups excluding carboxylic acids is 1. The summed E-state index contributed by atoms with van der Waals surface area (Å²) in [6, 6.07) is 15.7. The summed E-state index contributed by atoms with van der Waals surface area (Å²) in [6.45, 7) is 3.26. The van der Waals surface area contributed by atoms with Crippen LogP contribution in [0.1, 0.15) is 24.0 Å². The molecule has 0 radical (unpaired) electrons. The lowest BCUT2D eigenvalue weighted by atomic mass is 9.73. The van der Waals surface area contributed by atoms with Gasteiger partial charge < -0.3 is 14.8 Å². The second kappa shape index (κ2) is 7.05. The molecule has 0 aromatic heterocycles. The molecule has 4 heteroatoms. The van der Waals surface area contributed by atoms with Crippen LogP contribution in [0.2, 0.25) is 0 Å². The lowest BCUT2D eigenvalue weighted by Crippen LogP contribution is -2.44. The molecule has 0 unspecified atom stereocenters. The Morgan fingerprint density at radius 3 is 2.25 bits per heavy atom. The maximum atomic E-state index is 13.1. The van der Waals surface area contributed by atoms with Gasteiger partial charge in [0, 0.05) is 18.9 Å². The van der Waals surface area contributed by atoms with Crippen molar-refractivity contribution in [3.8, 4) is 5.75 Å². The lowest BCUT2D eigenvalue weighted by molar-refractivity contribution is -0.125. The van der Waals surface area contributed by atoms with Gasteiger partial charge in [-0.15, -0.1) is 0 Å². The van der Waals surface area contributed by atoms with Crippen molar-refractivity contribution in [2.24, 2.45) is 0 Å². The van der Waals surface area contributed by atoms with Crippen LogP contribution in [0, 0.1) is 6.92 Å². The van der Waals surface area contributed by atoms with Crippen LogP contribution >= 0.6 is 0 Å². The number of aryl methyl sites for hydroxylation is 1. The van der Waals surface area contributed by atoms with Crippen molar-refractivity contribution >= 4 is 11.6 Å². The van der Waals surface area contributed by atoms with Gasteiger partial charge in [-0.25, -0.2) is 0 Å². The molecule has 0 spiro atoms. The summed E-state index contributed by atoms with van der Waals surface area (Å²) in [4.78, 5) is 13.1. The Bertz CT molecular complexity index is 686. The fourth-order valence-electron chi connectivity index (χ4n) is 3.16. The molecule has 24 heavy (non-hydrogen) atoms. The van der Waals surface area contributed by atoms with Crippen molar-refractivity contribution < 1.29 is 14.3 Å². The topological polar surface area (TPSA) is 47.6 Å². The molecule has 0 atom stereocenters. The lowest BCUT2D eigenvalue weighted by Gasteiger charge is -2.36. The van der Waals surface area contributed by atoms with E-state index in [1.54, 1.807) is 7.11 Å². The van der Waals surface area contributed by atoms with Crippen LogP contribution in [0.3, 0.4) is 0 Å². The van der Waals surface area contributed by atoms with Crippen molar-refractivity contribution in [2.45, 2.75) is 25.2 Å². The van der Waals surface area contributed by atoms with E-state index >= 15 is 0 Å². The second-order valence-corrected chi connectivity index (χ2v) is 6.24. The van der Waals surface area contributed by atoms with Gasteiger partial charge in [0.05, 0.1) is 12.5 Å². The minimum absolute atomic E-state index is 0.0276. The molecule has 126 valence electrons. The van der Waals surface area contributed by atoms with E-state index in [1.807, 2.05) is 24.3 Å². The zero-order chi connectivity index (χ0) is 17.0. The van der Waals surface area contributed by atoms with Crippen molar-refractivity contribution in [1.82, 2.24) is 0 Å². The number of ether oxygens (including phenoxy) is 2. The Morgan fingerprint density at radius 2 is 1.67 bits per heavy atom. The van der Waals surface area contributed by atoms with Crippen LogP contribution in [0.5, 0.6) is 5.75 Å². The summed E-state index contributed by atoms with van der Waals surface area (Å²) >= 11 is 0. The van der Waals surface area contributed by atoms with E-state index < -0.39 is 5.41 Å². The first-order valence-corrected chi connectivity index (χ1v) is 8.24. The Labute approximate surface area is 142 Å². The normalized spacial score (nSPS) is 16.4. The summed E-state index contributed by atoms with van der Waals surface area (Å²) in [5.41, 5.74) is 2.49. The van der Waals surface area contributed by atoms with Gasteiger partial charge in [0.2, 0.25) is 5.91 Å². The van der Waals surface area contributed by atoms with Gasteiger partial charge >= 0.3 is 0 Å². The van der Waals surface area contributed by atoms with Crippen molar-refractivity contribution in [2.75, 3.05) is 25.6 Å². The first-order valence-electron chi connectivity index (χ1n) is 8.24. The first kappa shape index (κ1) is 16.5. The minimum atomic E-state index is -0.536. The molecule has 0 saturated carbocycles. The highest BCUT2D eigenvalue weighted by molar-refractivity contribution is 5.99. The highest BCUT2D eigenvalue weighted by Crippen LogP contribution is 2.36. The van der Waals surface area contributed by atoms with E-state index in [9.17, 15) is 4.79 Å². The molecule has 1 aliphatic rings. The number of anilines is 1. The molecule has 1 saturated heterocycles. The highest BCUT2D eigenvalue weighted by Gasteiger charge is 2.41. The maximum Gasteiger partial charge on any atom is 0.235 e. The third-order valence-corrected chi connectivity index (χ3v) is 4.73. The number of rotatable bonds is 4. The number of methoxy groups -OCH3 is 1. The van der Waals surface area contributed by atoms with Crippen molar-refractivity contribution in [1.29, 1.82) is 0 Å². The molecule has 1 fully saturated rings. The van der Waals surface area contributed by atoms with Crippen LogP contribution in [-0.4, -0.2) is 26.2 Å². The molecule has 0 aliphatic carbocycles. The number of carbonyl (C=O) groups is 1. The minimum Gasteiger partial charge on any atom is -0.497 e. The van der Waals surface area contributed by atoms with Gasteiger partial charge in [-0.05, 0) is 49.6 Å².